The lowest BCUT2D eigenvalue weighted by Crippen LogP contribution is -2.28. The Kier molecular flexibility index (Phi) is 7.26. The molecular formula is C28H32N6O3. The van der Waals surface area contributed by atoms with Crippen LogP contribution in [0.4, 0.5) is 22.9 Å². The third-order valence-electron chi connectivity index (χ3n) is 5.97. The number of carbonyl (C=O) groups is 3. The van der Waals surface area contributed by atoms with Gasteiger partial charge < -0.3 is 26.2 Å². The Bertz CT molecular complexity index is 1360. The molecule has 2 aromatic carbocycles. The Morgan fingerprint density at radius 3 is 2.54 bits per heavy atom. The highest BCUT2D eigenvalue weighted by Gasteiger charge is 2.23. The van der Waals surface area contributed by atoms with Crippen LogP contribution in [0.1, 0.15) is 52.6 Å². The van der Waals surface area contributed by atoms with Gasteiger partial charge in [-0.1, -0.05) is 32.9 Å². The Labute approximate surface area is 216 Å². The quantitative estimate of drug-likeness (QED) is 0.388. The van der Waals surface area contributed by atoms with E-state index in [1.807, 2.05) is 32.3 Å². The van der Waals surface area contributed by atoms with E-state index in [0.29, 0.717) is 40.6 Å². The van der Waals surface area contributed by atoms with Crippen LogP contribution in [0.25, 0.3) is 0 Å². The third-order valence-corrected chi connectivity index (χ3v) is 5.97. The van der Waals surface area contributed by atoms with Crippen molar-refractivity contribution in [3.63, 3.8) is 0 Å². The molecule has 0 saturated heterocycles. The summed E-state index contributed by atoms with van der Waals surface area (Å²) in [5.41, 5.74) is 4.44. The molecule has 9 heteroatoms. The second kappa shape index (κ2) is 10.4. The maximum Gasteiger partial charge on any atom is 0.259 e. The first-order valence-corrected chi connectivity index (χ1v) is 12.1. The summed E-state index contributed by atoms with van der Waals surface area (Å²) < 4.78 is 0. The smallest absolute Gasteiger partial charge is 0.259 e. The van der Waals surface area contributed by atoms with Crippen LogP contribution in [0.2, 0.25) is 0 Å². The summed E-state index contributed by atoms with van der Waals surface area (Å²) in [6, 6.07) is 14.3. The van der Waals surface area contributed by atoms with Crippen LogP contribution in [0.3, 0.4) is 0 Å². The SMILES string of the molecule is CN(C)CC(=O)Nc1cc(NC(=O)c2cccnc2Nc2cccc3c2CNC3=O)ccc1C(C)(C)C. The van der Waals surface area contributed by atoms with E-state index in [4.69, 9.17) is 0 Å². The summed E-state index contributed by atoms with van der Waals surface area (Å²) in [5.74, 6) is -0.240. The predicted molar refractivity (Wildman–Crippen MR) is 145 cm³/mol. The number of carbonyl (C=O) groups excluding carboxylic acids is 3. The number of hydrogen-bond donors (Lipinski definition) is 4. The maximum absolute atomic E-state index is 13.3. The zero-order valence-electron chi connectivity index (χ0n) is 21.7. The Morgan fingerprint density at radius 1 is 1.03 bits per heavy atom. The van der Waals surface area contributed by atoms with E-state index >= 15 is 0 Å². The van der Waals surface area contributed by atoms with E-state index in [-0.39, 0.29) is 29.7 Å². The van der Waals surface area contributed by atoms with E-state index in [1.165, 1.54) is 0 Å². The molecular weight excluding hydrogens is 468 g/mol. The van der Waals surface area contributed by atoms with Crippen molar-refractivity contribution in [1.82, 2.24) is 15.2 Å². The summed E-state index contributed by atoms with van der Waals surface area (Å²) in [7, 11) is 3.66. The molecule has 4 N–H and O–H groups in total. The van der Waals surface area contributed by atoms with Crippen molar-refractivity contribution in [2.24, 2.45) is 0 Å². The van der Waals surface area contributed by atoms with Gasteiger partial charge in [-0.2, -0.15) is 0 Å². The molecule has 0 fully saturated rings. The van der Waals surface area contributed by atoms with Crippen molar-refractivity contribution in [2.75, 3.05) is 36.6 Å². The number of nitrogens with one attached hydrogen (secondary N) is 4. The van der Waals surface area contributed by atoms with Gasteiger partial charge in [0.1, 0.15) is 5.82 Å². The number of nitrogens with zero attached hydrogens (tertiary/aromatic N) is 2. The standard InChI is InChI=1S/C28H32N6O3/c1-28(2,3)21-12-11-17(14-23(21)32-24(35)16-34(4)5)31-27(37)19-9-7-13-29-25(19)33-22-10-6-8-18-20(22)15-30-26(18)36/h6-14H,15-16H2,1-5H3,(H,29,33)(H,30,36)(H,31,37)(H,32,35). The van der Waals surface area contributed by atoms with Crippen LogP contribution in [0, 0.1) is 0 Å². The van der Waals surface area contributed by atoms with Gasteiger partial charge in [0.15, 0.2) is 0 Å². The fourth-order valence-corrected chi connectivity index (χ4v) is 4.24. The number of fused-ring (bicyclic) bond motifs is 1. The van der Waals surface area contributed by atoms with Crippen molar-refractivity contribution >= 4 is 40.6 Å². The molecule has 9 nitrogen and oxygen atoms in total. The van der Waals surface area contributed by atoms with Crippen LogP contribution >= 0.6 is 0 Å². The summed E-state index contributed by atoms with van der Waals surface area (Å²) in [5, 5.41) is 11.9. The lowest BCUT2D eigenvalue weighted by atomic mass is 9.85. The molecule has 0 saturated carbocycles. The van der Waals surface area contributed by atoms with Gasteiger partial charge >= 0.3 is 0 Å². The highest BCUT2D eigenvalue weighted by atomic mass is 16.2. The summed E-state index contributed by atoms with van der Waals surface area (Å²) in [6.07, 6.45) is 1.60. The topological polar surface area (TPSA) is 115 Å². The number of amides is 3. The van der Waals surface area contributed by atoms with E-state index < -0.39 is 0 Å². The molecule has 1 aromatic heterocycles. The van der Waals surface area contributed by atoms with Gasteiger partial charge in [-0.15, -0.1) is 0 Å². The minimum Gasteiger partial charge on any atom is -0.348 e. The third kappa shape index (κ3) is 5.95. The average Bonchev–Trinajstić information content (AvgIpc) is 3.20. The predicted octanol–water partition coefficient (Wildman–Crippen LogP) is 4.12. The molecule has 192 valence electrons. The fourth-order valence-electron chi connectivity index (χ4n) is 4.24. The second-order valence-corrected chi connectivity index (χ2v) is 10.3. The number of pyridine rings is 1. The molecule has 0 aliphatic carbocycles. The first-order valence-electron chi connectivity index (χ1n) is 12.1. The molecule has 0 radical (unpaired) electrons. The van der Waals surface area contributed by atoms with E-state index in [0.717, 1.165) is 11.1 Å². The number of aromatic nitrogens is 1. The first-order chi connectivity index (χ1) is 17.5. The first kappa shape index (κ1) is 25.8. The van der Waals surface area contributed by atoms with E-state index in [2.05, 4.69) is 47.0 Å². The highest BCUT2D eigenvalue weighted by Crippen LogP contribution is 2.33. The van der Waals surface area contributed by atoms with Gasteiger partial charge in [0.25, 0.3) is 11.8 Å². The molecule has 3 amide bonds. The molecule has 0 spiro atoms. The zero-order valence-corrected chi connectivity index (χ0v) is 21.7. The van der Waals surface area contributed by atoms with Gasteiger partial charge in [0.05, 0.1) is 12.1 Å². The van der Waals surface area contributed by atoms with Crippen molar-refractivity contribution in [3.8, 4) is 0 Å². The van der Waals surface area contributed by atoms with E-state index in [1.54, 1.807) is 41.4 Å². The number of benzene rings is 2. The highest BCUT2D eigenvalue weighted by molar-refractivity contribution is 6.08. The summed E-state index contributed by atoms with van der Waals surface area (Å²) >= 11 is 0. The number of anilines is 4. The molecule has 0 atom stereocenters. The molecule has 0 bridgehead atoms. The second-order valence-electron chi connectivity index (χ2n) is 10.3. The number of likely N-dealkylation sites (N-methyl/N-ethyl adjacent to an activating group) is 1. The minimum atomic E-state index is -0.355. The Hall–Kier alpha value is -4.24. The van der Waals surface area contributed by atoms with Crippen LogP contribution in [-0.2, 0) is 16.8 Å². The Balaban J connectivity index is 1.59. The lowest BCUT2D eigenvalue weighted by molar-refractivity contribution is -0.116. The Morgan fingerprint density at radius 2 is 1.81 bits per heavy atom. The van der Waals surface area contributed by atoms with Crippen molar-refractivity contribution < 1.29 is 14.4 Å². The summed E-state index contributed by atoms with van der Waals surface area (Å²) in [4.78, 5) is 44.0. The minimum absolute atomic E-state index is 0.121. The molecule has 0 unspecified atom stereocenters. The van der Waals surface area contributed by atoms with Gasteiger partial charge in [0, 0.05) is 40.9 Å². The fraction of sp³-hybridized carbons (Fsp3) is 0.286. The normalized spacial score (nSPS) is 12.6. The van der Waals surface area contributed by atoms with Crippen LogP contribution in [-0.4, -0.2) is 48.2 Å². The molecule has 1 aliphatic rings. The monoisotopic (exact) mass is 500 g/mol. The van der Waals surface area contributed by atoms with Gasteiger partial charge in [-0.25, -0.2) is 4.98 Å². The van der Waals surface area contributed by atoms with E-state index in [9.17, 15) is 14.4 Å². The van der Waals surface area contributed by atoms with Gasteiger partial charge in [-0.3, -0.25) is 14.4 Å². The molecule has 37 heavy (non-hydrogen) atoms. The van der Waals surface area contributed by atoms with Crippen molar-refractivity contribution in [3.05, 3.63) is 77.0 Å². The number of rotatable bonds is 7. The number of hydrogen-bond acceptors (Lipinski definition) is 6. The molecule has 3 aromatic rings. The molecule has 2 heterocycles. The average molecular weight is 501 g/mol. The van der Waals surface area contributed by atoms with Crippen molar-refractivity contribution in [2.45, 2.75) is 32.7 Å². The van der Waals surface area contributed by atoms with Crippen molar-refractivity contribution in [1.29, 1.82) is 0 Å². The van der Waals surface area contributed by atoms with Gasteiger partial charge in [0.2, 0.25) is 5.91 Å². The molecule has 1 aliphatic heterocycles. The summed E-state index contributed by atoms with van der Waals surface area (Å²) in [6.45, 7) is 6.86. The maximum atomic E-state index is 13.3. The van der Waals surface area contributed by atoms with Gasteiger partial charge in [-0.05, 0) is 61.5 Å². The van der Waals surface area contributed by atoms with Crippen LogP contribution in [0.15, 0.2) is 54.7 Å². The largest absolute Gasteiger partial charge is 0.348 e. The molecule has 4 rings (SSSR count). The zero-order chi connectivity index (χ0) is 26.7. The lowest BCUT2D eigenvalue weighted by Gasteiger charge is -2.24. The van der Waals surface area contributed by atoms with Crippen LogP contribution in [0.5, 0.6) is 0 Å². The van der Waals surface area contributed by atoms with Crippen LogP contribution < -0.4 is 21.3 Å².